The van der Waals surface area contributed by atoms with E-state index in [1.165, 1.54) is 0 Å². The van der Waals surface area contributed by atoms with Crippen molar-refractivity contribution in [2.45, 2.75) is 0 Å². The van der Waals surface area contributed by atoms with Crippen molar-refractivity contribution in [3.8, 4) is 0 Å². The topological polar surface area (TPSA) is 54.0 Å². The largest absolute Gasteiger partial charge is 1.00 e. The Morgan fingerprint density at radius 1 is 1.21 bits per heavy atom. The number of hydrogen-bond acceptors (Lipinski definition) is 2. The third kappa shape index (κ3) is 3.99. The number of aryl methyl sites for hydroxylation is 1. The van der Waals surface area contributed by atoms with Gasteiger partial charge in [0.05, 0.1) is 0 Å². The number of nitrogens with zero attached hydrogens (tertiary/aromatic N) is 1. The average molecular weight is 313 g/mol. The molecule has 19 heavy (non-hydrogen) atoms. The van der Waals surface area contributed by atoms with Crippen molar-refractivity contribution in [1.82, 2.24) is 5.32 Å². The van der Waals surface area contributed by atoms with Crippen LogP contribution in [0, 0.1) is 0 Å². The molecule has 0 aliphatic carbocycles. The zero-order valence-corrected chi connectivity index (χ0v) is 12.6. The zero-order chi connectivity index (χ0) is 13.1. The van der Waals surface area contributed by atoms with Crippen LogP contribution >= 0.6 is 24.4 Å². The SMILES string of the molecule is C[n+]1cc(NC(=S)NC(N)=S)c2ccccc2c1.[Cl-]. The third-order valence-electron chi connectivity index (χ3n) is 2.41. The molecule has 0 atom stereocenters. The van der Waals surface area contributed by atoms with Gasteiger partial charge < -0.3 is 28.8 Å². The Morgan fingerprint density at radius 2 is 1.89 bits per heavy atom. The standard InChI is InChI=1S/C12H12N4S2.ClH/c1-16-6-8-4-2-3-5-9(8)10(7-16)14-12(18)15-11(13)17;/h2-7H,1H3,(H3-,13,14,15,17,18);1H. The first kappa shape index (κ1) is 15.6. The second kappa shape index (κ2) is 6.60. The van der Waals surface area contributed by atoms with Crippen LogP contribution in [0.3, 0.4) is 0 Å². The monoisotopic (exact) mass is 312 g/mol. The minimum atomic E-state index is 0. The van der Waals surface area contributed by atoms with Crippen LogP contribution in [0.2, 0.25) is 0 Å². The number of rotatable bonds is 1. The number of thiocarbonyl (C=S) groups is 2. The van der Waals surface area contributed by atoms with E-state index in [4.69, 9.17) is 30.2 Å². The maximum Gasteiger partial charge on any atom is 0.192 e. The number of hydrogen-bond donors (Lipinski definition) is 3. The van der Waals surface area contributed by atoms with Gasteiger partial charge in [0.1, 0.15) is 12.7 Å². The Morgan fingerprint density at radius 3 is 2.58 bits per heavy atom. The van der Waals surface area contributed by atoms with Crippen molar-refractivity contribution in [3.63, 3.8) is 0 Å². The maximum atomic E-state index is 5.38. The molecule has 0 radical (unpaired) electrons. The summed E-state index contributed by atoms with van der Waals surface area (Å²) in [6.45, 7) is 0. The molecule has 0 saturated heterocycles. The summed E-state index contributed by atoms with van der Waals surface area (Å²) in [6, 6.07) is 8.06. The molecule has 0 aliphatic heterocycles. The smallest absolute Gasteiger partial charge is 0.192 e. The molecule has 1 heterocycles. The number of anilines is 1. The second-order valence-corrected chi connectivity index (χ2v) is 4.72. The third-order valence-corrected chi connectivity index (χ3v) is 2.72. The number of pyridine rings is 1. The van der Waals surface area contributed by atoms with Gasteiger partial charge in [0.15, 0.2) is 22.6 Å². The van der Waals surface area contributed by atoms with Crippen LogP contribution in [0.5, 0.6) is 0 Å². The molecule has 100 valence electrons. The van der Waals surface area contributed by atoms with E-state index < -0.39 is 0 Å². The Labute approximate surface area is 128 Å². The lowest BCUT2D eigenvalue weighted by Crippen LogP contribution is -3.00. The lowest BCUT2D eigenvalue weighted by Gasteiger charge is -2.09. The molecule has 0 saturated carbocycles. The molecule has 1 aromatic heterocycles. The van der Waals surface area contributed by atoms with E-state index in [0.717, 1.165) is 16.5 Å². The van der Waals surface area contributed by atoms with Gasteiger partial charge >= 0.3 is 0 Å². The first-order valence-electron chi connectivity index (χ1n) is 5.32. The number of nitrogens with two attached hydrogens (primary N) is 1. The number of fused-ring (bicyclic) bond motifs is 1. The molecule has 0 spiro atoms. The lowest BCUT2D eigenvalue weighted by molar-refractivity contribution is -0.669. The van der Waals surface area contributed by atoms with Gasteiger partial charge in [-0.25, -0.2) is 4.57 Å². The molecule has 2 aromatic rings. The fourth-order valence-corrected chi connectivity index (χ4v) is 2.14. The van der Waals surface area contributed by atoms with E-state index in [-0.39, 0.29) is 17.5 Å². The summed E-state index contributed by atoms with van der Waals surface area (Å²) < 4.78 is 1.97. The number of benzene rings is 1. The molecular weight excluding hydrogens is 300 g/mol. The van der Waals surface area contributed by atoms with E-state index in [9.17, 15) is 0 Å². The first-order valence-corrected chi connectivity index (χ1v) is 6.13. The van der Waals surface area contributed by atoms with Crippen LogP contribution < -0.4 is 33.3 Å². The van der Waals surface area contributed by atoms with Crippen molar-refractivity contribution < 1.29 is 17.0 Å². The molecule has 1 aromatic carbocycles. The number of aromatic nitrogens is 1. The summed E-state index contributed by atoms with van der Waals surface area (Å²) in [6.07, 6.45) is 4.00. The number of nitrogens with one attached hydrogen (secondary N) is 2. The predicted molar refractivity (Wildman–Crippen MR) is 81.3 cm³/mol. The summed E-state index contributed by atoms with van der Waals surface area (Å²) in [5.74, 6) is 0. The van der Waals surface area contributed by atoms with Crippen molar-refractivity contribution in [3.05, 3.63) is 36.7 Å². The van der Waals surface area contributed by atoms with Crippen molar-refractivity contribution in [1.29, 1.82) is 0 Å². The second-order valence-electron chi connectivity index (χ2n) is 3.87. The zero-order valence-electron chi connectivity index (χ0n) is 10.2. The van der Waals surface area contributed by atoms with Crippen molar-refractivity contribution in [2.24, 2.45) is 12.8 Å². The molecule has 0 amide bonds. The van der Waals surface area contributed by atoms with Crippen LogP contribution in [0.15, 0.2) is 36.7 Å². The minimum absolute atomic E-state index is 0. The van der Waals surface area contributed by atoms with Gasteiger partial charge in [-0.1, -0.05) is 18.2 Å². The Hall–Kier alpha value is -1.50. The molecule has 0 bridgehead atoms. The predicted octanol–water partition coefficient (Wildman–Crippen LogP) is -1.80. The van der Waals surface area contributed by atoms with Gasteiger partial charge in [-0.05, 0) is 30.5 Å². The van der Waals surface area contributed by atoms with E-state index in [1.54, 1.807) is 0 Å². The average Bonchev–Trinajstić information content (AvgIpc) is 2.27. The van der Waals surface area contributed by atoms with Crippen LogP contribution in [-0.4, -0.2) is 10.2 Å². The highest BCUT2D eigenvalue weighted by Crippen LogP contribution is 2.20. The van der Waals surface area contributed by atoms with Crippen LogP contribution in [-0.2, 0) is 7.05 Å². The lowest BCUT2D eigenvalue weighted by atomic mass is 10.1. The van der Waals surface area contributed by atoms with Crippen LogP contribution in [0.4, 0.5) is 5.69 Å². The normalized spacial score (nSPS) is 9.53. The van der Waals surface area contributed by atoms with E-state index in [1.807, 2.05) is 48.3 Å². The summed E-state index contributed by atoms with van der Waals surface area (Å²) in [5.41, 5.74) is 6.28. The van der Waals surface area contributed by atoms with Gasteiger partial charge in [-0.15, -0.1) is 0 Å². The summed E-state index contributed by atoms with van der Waals surface area (Å²) >= 11 is 9.86. The van der Waals surface area contributed by atoms with Gasteiger partial charge in [-0.2, -0.15) is 0 Å². The molecule has 2 rings (SSSR count). The van der Waals surface area contributed by atoms with Gasteiger partial charge in [0.25, 0.3) is 0 Å². The van der Waals surface area contributed by atoms with E-state index in [0.29, 0.717) is 5.11 Å². The van der Waals surface area contributed by atoms with Crippen LogP contribution in [0.25, 0.3) is 10.8 Å². The molecule has 0 fully saturated rings. The Balaban J connectivity index is 0.00000180. The number of halogens is 1. The van der Waals surface area contributed by atoms with Crippen LogP contribution in [0.1, 0.15) is 0 Å². The van der Waals surface area contributed by atoms with Gasteiger partial charge in [0.2, 0.25) is 0 Å². The Bertz CT molecular complexity index is 630. The maximum absolute atomic E-state index is 5.38. The molecule has 0 aliphatic rings. The first-order chi connectivity index (χ1) is 8.56. The van der Waals surface area contributed by atoms with Crippen molar-refractivity contribution >= 4 is 51.1 Å². The van der Waals surface area contributed by atoms with Gasteiger partial charge in [-0.3, -0.25) is 0 Å². The fourth-order valence-electron chi connectivity index (χ4n) is 1.75. The minimum Gasteiger partial charge on any atom is -1.00 e. The highest BCUT2D eigenvalue weighted by atomic mass is 35.5. The Kier molecular flexibility index (Phi) is 5.41. The summed E-state index contributed by atoms with van der Waals surface area (Å²) in [5, 5.41) is 8.54. The highest BCUT2D eigenvalue weighted by Gasteiger charge is 2.08. The molecule has 4 N–H and O–H groups in total. The molecule has 4 nitrogen and oxygen atoms in total. The quantitative estimate of drug-likeness (QED) is 0.428. The molecular formula is C12H13ClN4S2. The van der Waals surface area contributed by atoms with E-state index >= 15 is 0 Å². The fraction of sp³-hybridized carbons (Fsp3) is 0.0833. The highest BCUT2D eigenvalue weighted by molar-refractivity contribution is 7.82. The summed E-state index contributed by atoms with van der Waals surface area (Å²) in [4.78, 5) is 0. The van der Waals surface area contributed by atoms with E-state index in [2.05, 4.69) is 10.6 Å². The van der Waals surface area contributed by atoms with Gasteiger partial charge in [0, 0.05) is 10.8 Å². The molecule has 7 heteroatoms. The van der Waals surface area contributed by atoms with Crippen molar-refractivity contribution in [2.75, 3.05) is 5.32 Å². The summed E-state index contributed by atoms with van der Waals surface area (Å²) in [7, 11) is 1.96. The molecule has 0 unspecified atom stereocenters.